The highest BCUT2D eigenvalue weighted by atomic mass is 32.3. The molecular weight excluding hydrogens is 360 g/mol. The molecule has 1 atom stereocenters. The second-order valence-corrected chi connectivity index (χ2v) is 9.53. The van der Waals surface area contributed by atoms with Gasteiger partial charge in [0.25, 0.3) is 0 Å². The molecule has 5 nitrogen and oxygen atoms in total. The van der Waals surface area contributed by atoms with E-state index >= 15 is 0 Å². The molecule has 132 valence electrons. The van der Waals surface area contributed by atoms with Crippen molar-refractivity contribution in [1.82, 2.24) is 0 Å². The van der Waals surface area contributed by atoms with Crippen molar-refractivity contribution in [1.29, 1.82) is 0 Å². The summed E-state index contributed by atoms with van der Waals surface area (Å²) < 4.78 is 24.8. The molecule has 0 heterocycles. The molecule has 1 unspecified atom stereocenters. The molecule has 0 saturated heterocycles. The third kappa shape index (κ3) is 4.70. The number of sulfone groups is 1. The highest BCUT2D eigenvalue weighted by Gasteiger charge is 2.28. The van der Waals surface area contributed by atoms with Gasteiger partial charge in [0.2, 0.25) is 0 Å². The summed E-state index contributed by atoms with van der Waals surface area (Å²) in [6, 6.07) is 13.9. The highest BCUT2D eigenvalue weighted by molar-refractivity contribution is 8.22. The maximum Gasteiger partial charge on any atom is 0.307 e. The number of carbonyl (C=O) groups excluding carboxylic acids is 1. The van der Waals surface area contributed by atoms with Gasteiger partial charge in [0, 0.05) is 6.92 Å². The van der Waals surface area contributed by atoms with E-state index in [2.05, 4.69) is 0 Å². The van der Waals surface area contributed by atoms with Crippen molar-refractivity contribution in [2.24, 2.45) is 0 Å². The predicted octanol–water partition coefficient (Wildman–Crippen LogP) is 3.38. The van der Waals surface area contributed by atoms with Gasteiger partial charge in [-0.1, -0.05) is 54.2 Å². The SMILES string of the molecule is CC(=O)SC(C)S(=O)(=O)c1cc(-c2ccccc2)ccc1CC(=O)O. The number of hydrogen-bond donors (Lipinski definition) is 1. The topological polar surface area (TPSA) is 88.5 Å². The molecule has 2 rings (SSSR count). The highest BCUT2D eigenvalue weighted by Crippen LogP contribution is 2.31. The molecule has 2 aromatic rings. The molecule has 0 amide bonds. The van der Waals surface area contributed by atoms with Crippen molar-refractivity contribution in [3.63, 3.8) is 0 Å². The van der Waals surface area contributed by atoms with E-state index in [9.17, 15) is 18.0 Å². The Balaban J connectivity index is 2.59. The van der Waals surface area contributed by atoms with Gasteiger partial charge in [-0.3, -0.25) is 9.59 Å². The minimum absolute atomic E-state index is 0.0440. The minimum Gasteiger partial charge on any atom is -0.481 e. The number of hydrogen-bond acceptors (Lipinski definition) is 5. The van der Waals surface area contributed by atoms with Crippen LogP contribution in [0.2, 0.25) is 0 Å². The second kappa shape index (κ2) is 7.84. The lowest BCUT2D eigenvalue weighted by atomic mass is 10.0. The summed E-state index contributed by atoms with van der Waals surface area (Å²) in [5, 5.41) is 8.76. The Labute approximate surface area is 151 Å². The molecule has 7 heteroatoms. The zero-order chi connectivity index (χ0) is 18.6. The minimum atomic E-state index is -3.86. The van der Waals surface area contributed by atoms with Crippen molar-refractivity contribution in [2.75, 3.05) is 0 Å². The van der Waals surface area contributed by atoms with Gasteiger partial charge >= 0.3 is 5.97 Å². The Morgan fingerprint density at radius 1 is 1.08 bits per heavy atom. The lowest BCUT2D eigenvalue weighted by Crippen LogP contribution is -2.18. The van der Waals surface area contributed by atoms with Crippen LogP contribution in [0.4, 0.5) is 0 Å². The molecule has 2 aromatic carbocycles. The molecular formula is C18H18O5S2. The van der Waals surface area contributed by atoms with Gasteiger partial charge in [-0.15, -0.1) is 0 Å². The van der Waals surface area contributed by atoms with Crippen LogP contribution in [0.3, 0.4) is 0 Å². The smallest absolute Gasteiger partial charge is 0.307 e. The molecule has 0 saturated carbocycles. The molecule has 0 radical (unpaired) electrons. The van der Waals surface area contributed by atoms with Gasteiger partial charge in [-0.05, 0) is 29.7 Å². The average Bonchev–Trinajstić information content (AvgIpc) is 2.54. The van der Waals surface area contributed by atoms with Gasteiger partial charge in [0.15, 0.2) is 15.0 Å². The number of aliphatic carboxylic acids is 1. The number of rotatable bonds is 6. The molecule has 0 spiro atoms. The van der Waals surface area contributed by atoms with Gasteiger partial charge in [0.1, 0.15) is 4.58 Å². The van der Waals surface area contributed by atoms with Crippen LogP contribution in [-0.2, 0) is 25.8 Å². The maximum atomic E-state index is 12.9. The molecule has 0 fully saturated rings. The molecule has 0 aliphatic carbocycles. The van der Waals surface area contributed by atoms with Gasteiger partial charge in [-0.2, -0.15) is 0 Å². The van der Waals surface area contributed by atoms with E-state index in [1.807, 2.05) is 30.3 Å². The standard InChI is InChI=1S/C18H18O5S2/c1-12(19)24-13(2)25(22,23)17-10-15(14-6-4-3-5-7-14)8-9-16(17)11-18(20)21/h3-10,13H,11H2,1-2H3,(H,20,21). The van der Waals surface area contributed by atoms with Crippen molar-refractivity contribution >= 4 is 32.7 Å². The van der Waals surface area contributed by atoms with E-state index in [0.717, 1.165) is 5.56 Å². The molecule has 1 N–H and O–H groups in total. The summed E-state index contributed by atoms with van der Waals surface area (Å²) in [4.78, 5) is 22.3. The van der Waals surface area contributed by atoms with E-state index in [-0.39, 0.29) is 15.6 Å². The zero-order valence-corrected chi connectivity index (χ0v) is 15.4. The molecule has 0 aliphatic rings. The Morgan fingerprint density at radius 2 is 1.72 bits per heavy atom. The Bertz CT molecular complexity index is 889. The Kier molecular flexibility index (Phi) is 6.02. The Morgan fingerprint density at radius 3 is 2.28 bits per heavy atom. The molecule has 0 aromatic heterocycles. The lowest BCUT2D eigenvalue weighted by Gasteiger charge is -2.15. The van der Waals surface area contributed by atoms with E-state index in [0.29, 0.717) is 17.3 Å². The van der Waals surface area contributed by atoms with Crippen LogP contribution in [0.25, 0.3) is 11.1 Å². The van der Waals surface area contributed by atoms with Crippen LogP contribution in [-0.4, -0.2) is 29.2 Å². The average molecular weight is 378 g/mol. The second-order valence-electron chi connectivity index (χ2n) is 5.48. The maximum absolute atomic E-state index is 12.9. The molecule has 0 bridgehead atoms. The number of carbonyl (C=O) groups is 2. The summed E-state index contributed by atoms with van der Waals surface area (Å²) in [6.45, 7) is 2.73. The summed E-state index contributed by atoms with van der Waals surface area (Å²) in [6.07, 6.45) is -0.402. The largest absolute Gasteiger partial charge is 0.481 e. The monoisotopic (exact) mass is 378 g/mol. The first-order valence-electron chi connectivity index (χ1n) is 7.53. The van der Waals surface area contributed by atoms with Gasteiger partial charge in [0.05, 0.1) is 11.3 Å². The Hall–Kier alpha value is -2.12. The normalized spacial score (nSPS) is 12.6. The quantitative estimate of drug-likeness (QED) is 0.829. The summed E-state index contributed by atoms with van der Waals surface area (Å²) in [7, 11) is -3.86. The third-order valence-corrected chi connectivity index (χ3v) is 7.17. The summed E-state index contributed by atoms with van der Waals surface area (Å²) in [5.74, 6) is -1.12. The summed E-state index contributed by atoms with van der Waals surface area (Å²) in [5.41, 5.74) is 1.71. The van der Waals surface area contributed by atoms with E-state index in [4.69, 9.17) is 5.11 Å². The number of carboxylic acids is 1. The fourth-order valence-corrected chi connectivity index (χ4v) is 5.26. The van der Waals surface area contributed by atoms with E-state index < -0.39 is 26.8 Å². The van der Waals surface area contributed by atoms with Crippen LogP contribution >= 0.6 is 11.8 Å². The van der Waals surface area contributed by atoms with Crippen LogP contribution < -0.4 is 0 Å². The fourth-order valence-electron chi connectivity index (χ4n) is 2.41. The van der Waals surface area contributed by atoms with Crippen molar-refractivity contribution in [3.8, 4) is 11.1 Å². The fraction of sp³-hybridized carbons (Fsp3) is 0.222. The van der Waals surface area contributed by atoms with Crippen molar-refractivity contribution in [2.45, 2.75) is 29.7 Å². The van der Waals surface area contributed by atoms with Crippen LogP contribution in [0, 0.1) is 0 Å². The van der Waals surface area contributed by atoms with E-state index in [1.54, 1.807) is 6.07 Å². The number of carboxylic acid groups (broad SMARTS) is 1. The first kappa shape index (κ1) is 19.2. The van der Waals surface area contributed by atoms with Gasteiger partial charge in [-0.25, -0.2) is 8.42 Å². The predicted molar refractivity (Wildman–Crippen MR) is 98.1 cm³/mol. The van der Waals surface area contributed by atoms with Crippen LogP contribution in [0.15, 0.2) is 53.4 Å². The molecule has 25 heavy (non-hydrogen) atoms. The first-order valence-corrected chi connectivity index (χ1v) is 9.95. The summed E-state index contributed by atoms with van der Waals surface area (Å²) >= 11 is 0.711. The van der Waals surface area contributed by atoms with Crippen LogP contribution in [0.1, 0.15) is 19.4 Å². The van der Waals surface area contributed by atoms with Crippen LogP contribution in [0.5, 0.6) is 0 Å². The number of benzene rings is 2. The number of thioether (sulfide) groups is 1. The van der Waals surface area contributed by atoms with Crippen molar-refractivity contribution < 1.29 is 23.1 Å². The lowest BCUT2D eigenvalue weighted by molar-refractivity contribution is -0.136. The first-order chi connectivity index (χ1) is 11.7. The molecule has 0 aliphatic heterocycles. The third-order valence-electron chi connectivity index (χ3n) is 3.59. The van der Waals surface area contributed by atoms with E-state index in [1.165, 1.54) is 26.0 Å². The van der Waals surface area contributed by atoms with Crippen molar-refractivity contribution in [3.05, 3.63) is 54.1 Å². The zero-order valence-electron chi connectivity index (χ0n) is 13.8. The van der Waals surface area contributed by atoms with Gasteiger partial charge < -0.3 is 5.11 Å².